The van der Waals surface area contributed by atoms with Gasteiger partial charge in [0.2, 0.25) is 5.91 Å². The van der Waals surface area contributed by atoms with E-state index in [2.05, 4.69) is 20.9 Å². The van der Waals surface area contributed by atoms with Gasteiger partial charge in [0.25, 0.3) is 5.91 Å². The van der Waals surface area contributed by atoms with Crippen LogP contribution in [0, 0.1) is 0 Å². The molecule has 1 aromatic heterocycles. The zero-order chi connectivity index (χ0) is 24.4. The lowest BCUT2D eigenvalue weighted by atomic mass is 10.1. The van der Waals surface area contributed by atoms with Crippen LogP contribution in [0.3, 0.4) is 0 Å². The minimum Gasteiger partial charge on any atom is -0.460 e. The largest absolute Gasteiger partial charge is 0.460 e. The molecule has 2 rings (SSSR count). The van der Waals surface area contributed by atoms with Gasteiger partial charge in [-0.25, -0.2) is 4.79 Å². The Labute approximate surface area is 192 Å². The maximum atomic E-state index is 12.2. The van der Waals surface area contributed by atoms with Crippen LogP contribution in [0.15, 0.2) is 36.5 Å². The van der Waals surface area contributed by atoms with Gasteiger partial charge in [0.1, 0.15) is 24.4 Å². The molecule has 0 fully saturated rings. The lowest BCUT2D eigenvalue weighted by Gasteiger charge is -2.19. The number of nitrogens with one attached hydrogen (secondary N) is 4. The summed E-state index contributed by atoms with van der Waals surface area (Å²) in [5.41, 5.74) is 1.49. The molecule has 0 aliphatic carbocycles. The van der Waals surface area contributed by atoms with Crippen molar-refractivity contribution >= 4 is 29.6 Å². The summed E-state index contributed by atoms with van der Waals surface area (Å²) in [6, 6.07) is 8.58. The van der Waals surface area contributed by atoms with Crippen molar-refractivity contribution in [2.24, 2.45) is 0 Å². The van der Waals surface area contributed by atoms with Crippen molar-refractivity contribution in [3.05, 3.63) is 53.3 Å². The van der Waals surface area contributed by atoms with Gasteiger partial charge in [-0.3, -0.25) is 19.7 Å². The van der Waals surface area contributed by atoms with Gasteiger partial charge in [0.05, 0.1) is 12.1 Å². The second-order valence-corrected chi connectivity index (χ2v) is 8.22. The zero-order valence-electron chi connectivity index (χ0n) is 19.2. The molecule has 0 saturated carbocycles. The van der Waals surface area contributed by atoms with E-state index < -0.39 is 23.6 Å². The summed E-state index contributed by atoms with van der Waals surface area (Å²) >= 11 is 0. The number of carbonyl (C=O) groups excluding carboxylic acids is 4. The van der Waals surface area contributed by atoms with Crippen molar-refractivity contribution in [1.29, 1.82) is 0 Å². The average molecular weight is 459 g/mol. The first-order chi connectivity index (χ1) is 15.6. The second kappa shape index (κ2) is 11.7. The monoisotopic (exact) mass is 458 g/mol. The number of H-pyrrole nitrogens is 1. The molecule has 0 unspecified atom stereocenters. The lowest BCUT2D eigenvalue weighted by molar-refractivity contribution is -0.143. The number of rotatable bonds is 9. The van der Waals surface area contributed by atoms with Gasteiger partial charge in [-0.15, -0.1) is 0 Å². The van der Waals surface area contributed by atoms with Crippen molar-refractivity contribution in [3.8, 4) is 0 Å². The summed E-state index contributed by atoms with van der Waals surface area (Å²) in [5, 5.41) is 7.69. The Kier molecular flexibility index (Phi) is 9.02. The average Bonchev–Trinajstić information content (AvgIpc) is 3.18. The molecule has 3 amide bonds. The van der Waals surface area contributed by atoms with E-state index in [-0.39, 0.29) is 31.2 Å². The molecule has 10 nitrogen and oxygen atoms in total. The number of ether oxygens (including phenoxy) is 2. The van der Waals surface area contributed by atoms with Crippen LogP contribution in [0.5, 0.6) is 0 Å². The van der Waals surface area contributed by atoms with E-state index in [9.17, 15) is 19.2 Å². The van der Waals surface area contributed by atoms with Gasteiger partial charge in [-0.2, -0.15) is 0 Å². The standard InChI is InChI=1S/C23H30N4O6/c1-5-24-19(28)10-15-6-8-16(9-7-15)14-32-20(29)13-26-21(30)18-11-17(12-25-18)27-22(31)33-23(2,3)4/h6-9,11-12,25H,5,10,13-14H2,1-4H3,(H,24,28)(H,26,30)(H,27,31). The first-order valence-electron chi connectivity index (χ1n) is 10.5. The first kappa shape index (κ1) is 25.4. The van der Waals surface area contributed by atoms with Crippen LogP contribution in [0.2, 0.25) is 0 Å². The van der Waals surface area contributed by atoms with E-state index in [1.807, 2.05) is 6.92 Å². The molecule has 1 aromatic carbocycles. The van der Waals surface area contributed by atoms with Crippen LogP contribution in [0.4, 0.5) is 10.5 Å². The highest BCUT2D eigenvalue weighted by molar-refractivity contribution is 5.96. The number of benzene rings is 1. The molecular formula is C23H30N4O6. The minimum atomic E-state index is -0.645. The van der Waals surface area contributed by atoms with Crippen LogP contribution in [-0.4, -0.2) is 47.6 Å². The Bertz CT molecular complexity index is 976. The molecule has 0 atom stereocenters. The molecule has 4 N–H and O–H groups in total. The number of likely N-dealkylation sites (N-methyl/N-ethyl adjacent to an activating group) is 1. The molecule has 33 heavy (non-hydrogen) atoms. The fraction of sp³-hybridized carbons (Fsp3) is 0.391. The summed E-state index contributed by atoms with van der Waals surface area (Å²) in [6.07, 6.45) is 1.08. The normalized spacial score (nSPS) is 10.8. The lowest BCUT2D eigenvalue weighted by Crippen LogP contribution is -2.30. The number of amides is 3. The molecule has 0 saturated heterocycles. The predicted molar refractivity (Wildman–Crippen MR) is 122 cm³/mol. The van der Waals surface area contributed by atoms with Crippen LogP contribution in [0.1, 0.15) is 49.3 Å². The van der Waals surface area contributed by atoms with Gasteiger partial charge < -0.3 is 25.1 Å². The highest BCUT2D eigenvalue weighted by Gasteiger charge is 2.17. The summed E-state index contributed by atoms with van der Waals surface area (Å²) in [4.78, 5) is 50.2. The number of hydrogen-bond donors (Lipinski definition) is 4. The van der Waals surface area contributed by atoms with Gasteiger partial charge in [0.15, 0.2) is 0 Å². The Hall–Kier alpha value is -3.82. The molecule has 0 aliphatic heterocycles. The second-order valence-electron chi connectivity index (χ2n) is 8.22. The number of aromatic nitrogens is 1. The van der Waals surface area contributed by atoms with Crippen LogP contribution >= 0.6 is 0 Å². The Morgan fingerprint density at radius 3 is 2.30 bits per heavy atom. The minimum absolute atomic E-state index is 0.0442. The van der Waals surface area contributed by atoms with E-state index >= 15 is 0 Å². The Morgan fingerprint density at radius 2 is 1.67 bits per heavy atom. The summed E-state index contributed by atoms with van der Waals surface area (Å²) in [5.74, 6) is -1.19. The van der Waals surface area contributed by atoms with Crippen molar-refractivity contribution in [1.82, 2.24) is 15.6 Å². The molecule has 1 heterocycles. The third kappa shape index (κ3) is 9.46. The van der Waals surface area contributed by atoms with E-state index in [0.717, 1.165) is 11.1 Å². The molecule has 0 spiro atoms. The number of hydrogen-bond acceptors (Lipinski definition) is 6. The third-order valence-corrected chi connectivity index (χ3v) is 4.13. The highest BCUT2D eigenvalue weighted by atomic mass is 16.6. The number of esters is 1. The maximum Gasteiger partial charge on any atom is 0.412 e. The van der Waals surface area contributed by atoms with Crippen molar-refractivity contribution in [2.75, 3.05) is 18.4 Å². The van der Waals surface area contributed by atoms with Crippen molar-refractivity contribution < 1.29 is 28.7 Å². The van der Waals surface area contributed by atoms with Crippen LogP contribution in [0.25, 0.3) is 0 Å². The van der Waals surface area contributed by atoms with Gasteiger partial charge in [-0.05, 0) is 44.9 Å². The predicted octanol–water partition coefficient (Wildman–Crippen LogP) is 2.51. The Morgan fingerprint density at radius 1 is 1.00 bits per heavy atom. The molecule has 2 aromatic rings. The van der Waals surface area contributed by atoms with E-state index in [1.165, 1.54) is 12.3 Å². The molecule has 178 valence electrons. The van der Waals surface area contributed by atoms with E-state index in [1.54, 1.807) is 45.0 Å². The van der Waals surface area contributed by atoms with Crippen LogP contribution < -0.4 is 16.0 Å². The maximum absolute atomic E-state index is 12.2. The van der Waals surface area contributed by atoms with Gasteiger partial charge in [-0.1, -0.05) is 24.3 Å². The SMILES string of the molecule is CCNC(=O)Cc1ccc(COC(=O)CNC(=O)c2cc(NC(=O)OC(C)(C)C)c[nH]2)cc1. The zero-order valence-corrected chi connectivity index (χ0v) is 19.2. The summed E-state index contributed by atoms with van der Waals surface area (Å²) in [7, 11) is 0. The molecule has 0 bridgehead atoms. The van der Waals surface area contributed by atoms with E-state index in [0.29, 0.717) is 12.2 Å². The van der Waals surface area contributed by atoms with Crippen molar-refractivity contribution in [2.45, 2.75) is 46.3 Å². The molecule has 10 heteroatoms. The number of aromatic amines is 1. The third-order valence-electron chi connectivity index (χ3n) is 4.13. The van der Waals surface area contributed by atoms with Gasteiger partial charge in [0, 0.05) is 12.7 Å². The van der Waals surface area contributed by atoms with Crippen molar-refractivity contribution in [3.63, 3.8) is 0 Å². The fourth-order valence-corrected chi connectivity index (χ4v) is 2.68. The summed E-state index contributed by atoms with van der Waals surface area (Å²) in [6.45, 7) is 7.39. The summed E-state index contributed by atoms with van der Waals surface area (Å²) < 4.78 is 10.3. The highest BCUT2D eigenvalue weighted by Crippen LogP contribution is 2.13. The Balaban J connectivity index is 1.74. The van der Waals surface area contributed by atoms with Crippen LogP contribution in [-0.2, 0) is 32.1 Å². The smallest absolute Gasteiger partial charge is 0.412 e. The first-order valence-corrected chi connectivity index (χ1v) is 10.5. The topological polar surface area (TPSA) is 139 Å². The molecule has 0 aliphatic rings. The quantitative estimate of drug-likeness (QED) is 0.426. The molecular weight excluding hydrogens is 428 g/mol. The molecule has 0 radical (unpaired) electrons. The number of anilines is 1. The number of carbonyl (C=O) groups is 4. The van der Waals surface area contributed by atoms with E-state index in [4.69, 9.17) is 9.47 Å². The van der Waals surface area contributed by atoms with Gasteiger partial charge >= 0.3 is 12.1 Å². The fourth-order valence-electron chi connectivity index (χ4n) is 2.68.